The molecule has 0 aliphatic carbocycles. The van der Waals surface area contributed by atoms with E-state index in [1.807, 2.05) is 32.8 Å². The van der Waals surface area contributed by atoms with Crippen LogP contribution in [-0.4, -0.2) is 59.9 Å². The average molecular weight is 441 g/mol. The van der Waals surface area contributed by atoms with E-state index in [0.29, 0.717) is 24.3 Å². The molecule has 1 N–H and O–H groups in total. The maximum absolute atomic E-state index is 13.4. The van der Waals surface area contributed by atoms with E-state index >= 15 is 0 Å². The van der Waals surface area contributed by atoms with Gasteiger partial charge >= 0.3 is 0 Å². The molecule has 1 saturated heterocycles. The van der Waals surface area contributed by atoms with E-state index in [1.54, 1.807) is 24.3 Å². The van der Waals surface area contributed by atoms with Crippen molar-refractivity contribution < 1.29 is 23.8 Å². The molecule has 1 aliphatic heterocycles. The number of ketones is 1. The van der Waals surface area contributed by atoms with Crippen LogP contribution >= 0.6 is 0 Å². The molecule has 170 valence electrons. The van der Waals surface area contributed by atoms with Crippen molar-refractivity contribution in [3.63, 3.8) is 0 Å². The van der Waals surface area contributed by atoms with Gasteiger partial charge in [0.2, 0.25) is 0 Å². The minimum Gasteiger partial charge on any atom is -0.507 e. The van der Waals surface area contributed by atoms with Gasteiger partial charge in [0, 0.05) is 12.1 Å². The number of aliphatic hydroxyl groups is 1. The third-order valence-corrected chi connectivity index (χ3v) is 5.23. The first-order chi connectivity index (χ1) is 15.2. The van der Waals surface area contributed by atoms with Gasteiger partial charge in [0.25, 0.3) is 11.7 Å². The Hall–Kier alpha value is -3.19. The molecule has 1 aliphatic rings. The normalized spacial score (nSPS) is 18.1. The summed E-state index contributed by atoms with van der Waals surface area (Å²) in [6.07, 6.45) is 0.678. The molecule has 2 aromatic rings. The third-order valence-electron chi connectivity index (χ3n) is 5.23. The summed E-state index contributed by atoms with van der Waals surface area (Å²) in [6.45, 7) is 4.96. The summed E-state index contributed by atoms with van der Waals surface area (Å²) in [5, 5.41) is 11.0. The SMILES string of the molecule is CC(C)Oc1ccc([C@H]2/C(=C(/O)c3ccc(F)cc3)C(=O)C(=O)N2CCCN(C)C)cc1. The van der Waals surface area contributed by atoms with Crippen molar-refractivity contribution in [3.05, 3.63) is 71.0 Å². The smallest absolute Gasteiger partial charge is 0.295 e. The predicted octanol–water partition coefficient (Wildman–Crippen LogP) is 3.99. The number of aliphatic hydroxyl groups excluding tert-OH is 1. The molecule has 0 radical (unpaired) electrons. The minimum absolute atomic E-state index is 0.00369. The Labute approximate surface area is 187 Å². The summed E-state index contributed by atoms with van der Waals surface area (Å²) >= 11 is 0. The Kier molecular flexibility index (Phi) is 7.30. The first kappa shape index (κ1) is 23.5. The van der Waals surface area contributed by atoms with Gasteiger partial charge in [-0.1, -0.05) is 12.1 Å². The summed E-state index contributed by atoms with van der Waals surface area (Å²) < 4.78 is 19.1. The Morgan fingerprint density at radius 1 is 1.09 bits per heavy atom. The zero-order valence-electron chi connectivity index (χ0n) is 18.8. The highest BCUT2D eigenvalue weighted by molar-refractivity contribution is 6.46. The van der Waals surface area contributed by atoms with Gasteiger partial charge in [0.15, 0.2) is 0 Å². The highest BCUT2D eigenvalue weighted by Gasteiger charge is 2.45. The second-order valence-electron chi connectivity index (χ2n) is 8.39. The summed E-state index contributed by atoms with van der Waals surface area (Å²) in [6, 6.07) is 11.6. The van der Waals surface area contributed by atoms with Crippen molar-refractivity contribution in [2.45, 2.75) is 32.4 Å². The zero-order valence-corrected chi connectivity index (χ0v) is 18.8. The fourth-order valence-electron chi connectivity index (χ4n) is 3.78. The lowest BCUT2D eigenvalue weighted by atomic mass is 9.95. The van der Waals surface area contributed by atoms with E-state index < -0.39 is 23.5 Å². The van der Waals surface area contributed by atoms with Crippen molar-refractivity contribution in [1.82, 2.24) is 9.80 Å². The van der Waals surface area contributed by atoms with E-state index in [-0.39, 0.29) is 23.0 Å². The molecule has 1 heterocycles. The number of likely N-dealkylation sites (tertiary alicyclic amines) is 1. The monoisotopic (exact) mass is 440 g/mol. The van der Waals surface area contributed by atoms with Crippen molar-refractivity contribution in [3.8, 4) is 5.75 Å². The van der Waals surface area contributed by atoms with Crippen molar-refractivity contribution in [2.24, 2.45) is 0 Å². The van der Waals surface area contributed by atoms with Gasteiger partial charge in [-0.3, -0.25) is 9.59 Å². The number of carbonyl (C=O) groups excluding carboxylic acids is 2. The van der Waals surface area contributed by atoms with Crippen molar-refractivity contribution in [1.29, 1.82) is 0 Å². The van der Waals surface area contributed by atoms with Crippen LogP contribution in [0.25, 0.3) is 5.76 Å². The van der Waals surface area contributed by atoms with Crippen molar-refractivity contribution in [2.75, 3.05) is 27.2 Å². The second kappa shape index (κ2) is 9.96. The topological polar surface area (TPSA) is 70.1 Å². The highest BCUT2D eigenvalue weighted by Crippen LogP contribution is 2.40. The van der Waals surface area contributed by atoms with Gasteiger partial charge < -0.3 is 19.6 Å². The lowest BCUT2D eigenvalue weighted by Gasteiger charge is -2.26. The fraction of sp³-hybridized carbons (Fsp3) is 0.360. The Morgan fingerprint density at radius 3 is 2.28 bits per heavy atom. The van der Waals surface area contributed by atoms with Crippen LogP contribution in [0.4, 0.5) is 4.39 Å². The van der Waals surface area contributed by atoms with E-state index in [0.717, 1.165) is 6.54 Å². The summed E-state index contributed by atoms with van der Waals surface area (Å²) in [4.78, 5) is 29.4. The van der Waals surface area contributed by atoms with Gasteiger partial charge in [-0.05, 0) is 82.9 Å². The largest absolute Gasteiger partial charge is 0.507 e. The van der Waals surface area contributed by atoms with Crippen LogP contribution in [0.3, 0.4) is 0 Å². The summed E-state index contributed by atoms with van der Waals surface area (Å²) in [5.41, 5.74) is 0.972. The van der Waals surface area contributed by atoms with Crippen LogP contribution < -0.4 is 4.74 Å². The number of carbonyl (C=O) groups is 2. The van der Waals surface area contributed by atoms with E-state index in [1.165, 1.54) is 29.2 Å². The summed E-state index contributed by atoms with van der Waals surface area (Å²) in [5.74, 6) is -1.50. The number of hydrogen-bond acceptors (Lipinski definition) is 5. The molecule has 7 heteroatoms. The number of halogens is 1. The number of rotatable bonds is 8. The third kappa shape index (κ3) is 5.16. The maximum Gasteiger partial charge on any atom is 0.295 e. The Morgan fingerprint density at radius 2 is 1.72 bits per heavy atom. The van der Waals surface area contributed by atoms with Crippen LogP contribution in [0.2, 0.25) is 0 Å². The number of amides is 1. The molecule has 1 atom stereocenters. The van der Waals surface area contributed by atoms with Gasteiger partial charge in [-0.15, -0.1) is 0 Å². The molecule has 32 heavy (non-hydrogen) atoms. The molecule has 1 amide bonds. The molecule has 2 aromatic carbocycles. The molecular formula is C25H29FN2O4. The average Bonchev–Trinajstić information content (AvgIpc) is 2.99. The quantitative estimate of drug-likeness (QED) is 0.382. The van der Waals surface area contributed by atoms with Crippen LogP contribution in [0.15, 0.2) is 54.1 Å². The van der Waals surface area contributed by atoms with E-state index in [2.05, 4.69) is 0 Å². The molecular weight excluding hydrogens is 411 g/mol. The van der Waals surface area contributed by atoms with Crippen molar-refractivity contribution >= 4 is 17.4 Å². The van der Waals surface area contributed by atoms with Gasteiger partial charge in [-0.2, -0.15) is 0 Å². The molecule has 1 fully saturated rings. The second-order valence-corrected chi connectivity index (χ2v) is 8.39. The van der Waals surface area contributed by atoms with Crippen LogP contribution in [0, 0.1) is 5.82 Å². The molecule has 0 spiro atoms. The standard InChI is InChI=1S/C25H29FN2O4/c1-16(2)32-20-12-8-17(9-13-20)22-21(23(29)18-6-10-19(26)11-7-18)24(30)25(31)28(22)15-5-14-27(3)4/h6-13,16,22,29H,5,14-15H2,1-4H3/b23-21-/t22-/m0/s1. The number of Topliss-reactive ketones (excluding diaryl/α,β-unsaturated/α-hetero) is 1. The van der Waals surface area contributed by atoms with Gasteiger partial charge in [0.1, 0.15) is 17.3 Å². The molecule has 6 nitrogen and oxygen atoms in total. The lowest BCUT2D eigenvalue weighted by molar-refractivity contribution is -0.139. The number of nitrogens with zero attached hydrogens (tertiary/aromatic N) is 2. The first-order valence-corrected chi connectivity index (χ1v) is 10.6. The summed E-state index contributed by atoms with van der Waals surface area (Å²) in [7, 11) is 3.88. The van der Waals surface area contributed by atoms with E-state index in [9.17, 15) is 19.1 Å². The van der Waals surface area contributed by atoms with Crippen LogP contribution in [-0.2, 0) is 9.59 Å². The first-order valence-electron chi connectivity index (χ1n) is 10.6. The van der Waals surface area contributed by atoms with Gasteiger partial charge in [0.05, 0.1) is 17.7 Å². The molecule has 3 rings (SSSR count). The number of ether oxygens (including phenoxy) is 1. The number of benzene rings is 2. The van der Waals surface area contributed by atoms with Crippen LogP contribution in [0.1, 0.15) is 37.4 Å². The molecule has 0 bridgehead atoms. The van der Waals surface area contributed by atoms with E-state index in [4.69, 9.17) is 4.74 Å². The Bertz CT molecular complexity index is 998. The fourth-order valence-corrected chi connectivity index (χ4v) is 3.78. The van der Waals surface area contributed by atoms with Crippen LogP contribution in [0.5, 0.6) is 5.75 Å². The molecule has 0 saturated carbocycles. The maximum atomic E-state index is 13.4. The highest BCUT2D eigenvalue weighted by atomic mass is 19.1. The molecule has 0 aromatic heterocycles. The lowest BCUT2D eigenvalue weighted by Crippen LogP contribution is -2.32. The van der Waals surface area contributed by atoms with Gasteiger partial charge in [-0.25, -0.2) is 4.39 Å². The Balaban J connectivity index is 2.05. The predicted molar refractivity (Wildman–Crippen MR) is 121 cm³/mol. The zero-order chi connectivity index (χ0) is 23.4. The molecule has 0 unspecified atom stereocenters. The number of hydrogen-bond donors (Lipinski definition) is 1. The minimum atomic E-state index is -0.746.